The number of piperazine rings is 1. The van der Waals surface area contributed by atoms with Crippen molar-refractivity contribution in [1.29, 1.82) is 0 Å². The van der Waals surface area contributed by atoms with Crippen molar-refractivity contribution in [1.82, 2.24) is 10.2 Å². The highest BCUT2D eigenvalue weighted by Gasteiger charge is 2.44. The second-order valence-electron chi connectivity index (χ2n) is 7.01. The Balaban J connectivity index is 1.86. The van der Waals surface area contributed by atoms with Gasteiger partial charge in [-0.15, -0.1) is 0 Å². The van der Waals surface area contributed by atoms with Crippen molar-refractivity contribution in [3.8, 4) is 0 Å². The Hall–Kier alpha value is -0.900. The number of ether oxygens (including phenoxy) is 1. The van der Waals surface area contributed by atoms with E-state index < -0.39 is 0 Å². The molecule has 2 atom stereocenters. The van der Waals surface area contributed by atoms with E-state index in [0.29, 0.717) is 6.04 Å². The van der Waals surface area contributed by atoms with Crippen molar-refractivity contribution >= 4 is 0 Å². The minimum atomic E-state index is 0.0272. The lowest BCUT2D eigenvalue weighted by Gasteiger charge is -2.53. The molecular formula is C17H26N2O. The molecule has 3 rings (SSSR count). The molecule has 3 nitrogen and oxygen atoms in total. The fourth-order valence-electron chi connectivity index (χ4n) is 3.51. The molecule has 0 amide bonds. The third kappa shape index (κ3) is 2.50. The summed E-state index contributed by atoms with van der Waals surface area (Å²) in [7, 11) is 0. The van der Waals surface area contributed by atoms with Crippen LogP contribution in [0, 0.1) is 0 Å². The van der Waals surface area contributed by atoms with E-state index in [2.05, 4.69) is 61.3 Å². The van der Waals surface area contributed by atoms with Crippen LogP contribution in [0.1, 0.15) is 32.8 Å². The Labute approximate surface area is 122 Å². The molecule has 110 valence electrons. The van der Waals surface area contributed by atoms with Crippen LogP contribution >= 0.6 is 0 Å². The van der Waals surface area contributed by atoms with Crippen molar-refractivity contribution in [3.05, 3.63) is 35.9 Å². The van der Waals surface area contributed by atoms with E-state index in [1.807, 2.05) is 0 Å². The first-order chi connectivity index (χ1) is 9.51. The smallest absolute Gasteiger partial charge is 0.0622 e. The van der Waals surface area contributed by atoms with Crippen molar-refractivity contribution < 1.29 is 4.74 Å². The van der Waals surface area contributed by atoms with Crippen LogP contribution in [0.4, 0.5) is 0 Å². The first-order valence-electron chi connectivity index (χ1n) is 7.66. The van der Waals surface area contributed by atoms with Crippen molar-refractivity contribution in [3.63, 3.8) is 0 Å². The van der Waals surface area contributed by atoms with Gasteiger partial charge in [0.1, 0.15) is 0 Å². The van der Waals surface area contributed by atoms with Crippen molar-refractivity contribution in [2.24, 2.45) is 0 Å². The summed E-state index contributed by atoms with van der Waals surface area (Å²) in [5.74, 6) is 0. The van der Waals surface area contributed by atoms with Crippen LogP contribution < -0.4 is 5.32 Å². The molecule has 0 saturated carbocycles. The summed E-state index contributed by atoms with van der Waals surface area (Å²) < 4.78 is 5.62. The Morgan fingerprint density at radius 3 is 2.60 bits per heavy atom. The summed E-state index contributed by atoms with van der Waals surface area (Å²) in [4.78, 5) is 2.66. The standard InChI is InChI=1S/C17H26N2O/c1-16(2)12-18-17(3,14-7-5-4-6-8-14)13-19(16)15-9-10-20-11-15/h4-8,15,18H,9-13H2,1-3H3. The quantitative estimate of drug-likeness (QED) is 0.896. The van der Waals surface area contributed by atoms with E-state index in [1.54, 1.807) is 0 Å². The summed E-state index contributed by atoms with van der Waals surface area (Å²) in [6, 6.07) is 11.4. The van der Waals surface area contributed by atoms with Crippen molar-refractivity contribution in [2.45, 2.75) is 44.3 Å². The average Bonchev–Trinajstić information content (AvgIpc) is 2.97. The van der Waals surface area contributed by atoms with Crippen LogP contribution in [0.2, 0.25) is 0 Å². The molecular weight excluding hydrogens is 248 g/mol. The molecule has 2 aliphatic heterocycles. The van der Waals surface area contributed by atoms with Gasteiger partial charge in [-0.2, -0.15) is 0 Å². The zero-order chi connectivity index (χ0) is 14.2. The lowest BCUT2D eigenvalue weighted by Crippen LogP contribution is -2.68. The number of benzene rings is 1. The molecule has 2 saturated heterocycles. The molecule has 0 spiro atoms. The van der Waals surface area contributed by atoms with Gasteiger partial charge in [0.25, 0.3) is 0 Å². The Morgan fingerprint density at radius 2 is 1.95 bits per heavy atom. The van der Waals surface area contributed by atoms with Gasteiger partial charge < -0.3 is 10.1 Å². The summed E-state index contributed by atoms with van der Waals surface area (Å²) in [5, 5.41) is 3.77. The fraction of sp³-hybridized carbons (Fsp3) is 0.647. The minimum Gasteiger partial charge on any atom is -0.380 e. The summed E-state index contributed by atoms with van der Waals surface area (Å²) in [6.45, 7) is 10.8. The third-order valence-corrected chi connectivity index (χ3v) is 4.93. The molecule has 0 radical (unpaired) electrons. The van der Waals surface area contributed by atoms with Crippen LogP contribution in [-0.4, -0.2) is 42.8 Å². The van der Waals surface area contributed by atoms with E-state index >= 15 is 0 Å². The highest BCUT2D eigenvalue weighted by atomic mass is 16.5. The molecule has 2 heterocycles. The van der Waals surface area contributed by atoms with Gasteiger partial charge in [0, 0.05) is 31.3 Å². The maximum absolute atomic E-state index is 5.62. The van der Waals surface area contributed by atoms with Gasteiger partial charge in [-0.1, -0.05) is 30.3 Å². The normalized spacial score (nSPS) is 34.2. The number of hydrogen-bond acceptors (Lipinski definition) is 3. The van der Waals surface area contributed by atoms with Crippen LogP contribution in [0.25, 0.3) is 0 Å². The van der Waals surface area contributed by atoms with Gasteiger partial charge in [-0.3, -0.25) is 4.90 Å². The SMILES string of the molecule is CC1(c2ccccc2)CN(C2CCOC2)C(C)(C)CN1. The lowest BCUT2D eigenvalue weighted by atomic mass is 9.83. The fourth-order valence-corrected chi connectivity index (χ4v) is 3.51. The third-order valence-electron chi connectivity index (χ3n) is 4.93. The zero-order valence-corrected chi connectivity index (χ0v) is 12.9. The van der Waals surface area contributed by atoms with Crippen LogP contribution in [0.3, 0.4) is 0 Å². The summed E-state index contributed by atoms with van der Waals surface area (Å²) in [6.07, 6.45) is 1.16. The van der Waals surface area contributed by atoms with Gasteiger partial charge in [-0.25, -0.2) is 0 Å². The molecule has 1 N–H and O–H groups in total. The Bertz CT molecular complexity index is 453. The van der Waals surface area contributed by atoms with Gasteiger partial charge in [0.05, 0.1) is 12.1 Å². The molecule has 1 aromatic rings. The molecule has 1 aromatic carbocycles. The summed E-state index contributed by atoms with van der Waals surface area (Å²) in [5.41, 5.74) is 1.59. The van der Waals surface area contributed by atoms with Crippen molar-refractivity contribution in [2.75, 3.05) is 26.3 Å². The molecule has 3 heteroatoms. The van der Waals surface area contributed by atoms with E-state index in [-0.39, 0.29) is 11.1 Å². The maximum Gasteiger partial charge on any atom is 0.0622 e. The minimum absolute atomic E-state index is 0.0272. The molecule has 2 aliphatic rings. The van der Waals surface area contributed by atoms with Gasteiger partial charge in [-0.05, 0) is 32.8 Å². The second kappa shape index (κ2) is 5.14. The topological polar surface area (TPSA) is 24.5 Å². The highest BCUT2D eigenvalue weighted by molar-refractivity contribution is 5.26. The first-order valence-corrected chi connectivity index (χ1v) is 7.66. The highest BCUT2D eigenvalue weighted by Crippen LogP contribution is 2.33. The van der Waals surface area contributed by atoms with Crippen LogP contribution in [-0.2, 0) is 10.3 Å². The number of nitrogens with zero attached hydrogens (tertiary/aromatic N) is 1. The van der Waals surface area contributed by atoms with E-state index in [9.17, 15) is 0 Å². The number of rotatable bonds is 2. The van der Waals surface area contributed by atoms with Gasteiger partial charge in [0.15, 0.2) is 0 Å². The number of nitrogens with one attached hydrogen (secondary N) is 1. The first kappa shape index (κ1) is 14.1. The Morgan fingerprint density at radius 1 is 1.20 bits per heavy atom. The average molecular weight is 274 g/mol. The van der Waals surface area contributed by atoms with Crippen LogP contribution in [0.15, 0.2) is 30.3 Å². The predicted octanol–water partition coefficient (Wildman–Crippen LogP) is 2.37. The molecule has 2 unspecified atom stereocenters. The molecule has 2 fully saturated rings. The van der Waals surface area contributed by atoms with E-state index in [0.717, 1.165) is 32.7 Å². The van der Waals surface area contributed by atoms with E-state index in [4.69, 9.17) is 4.74 Å². The van der Waals surface area contributed by atoms with Crippen LogP contribution in [0.5, 0.6) is 0 Å². The number of hydrogen-bond donors (Lipinski definition) is 1. The zero-order valence-electron chi connectivity index (χ0n) is 12.9. The summed E-state index contributed by atoms with van der Waals surface area (Å²) >= 11 is 0. The maximum atomic E-state index is 5.62. The molecule has 0 bridgehead atoms. The largest absolute Gasteiger partial charge is 0.380 e. The second-order valence-corrected chi connectivity index (χ2v) is 7.01. The predicted molar refractivity (Wildman–Crippen MR) is 81.8 cm³/mol. The lowest BCUT2D eigenvalue weighted by molar-refractivity contribution is -0.00704. The molecule has 0 aromatic heterocycles. The van der Waals surface area contributed by atoms with Gasteiger partial charge in [0.2, 0.25) is 0 Å². The van der Waals surface area contributed by atoms with E-state index in [1.165, 1.54) is 5.56 Å². The molecule has 0 aliphatic carbocycles. The molecule has 20 heavy (non-hydrogen) atoms. The van der Waals surface area contributed by atoms with Gasteiger partial charge >= 0.3 is 0 Å². The Kier molecular flexibility index (Phi) is 3.61. The monoisotopic (exact) mass is 274 g/mol.